The highest BCUT2D eigenvalue weighted by Crippen LogP contribution is 2.23. The first-order valence-corrected chi connectivity index (χ1v) is 9.17. The molecular formula is C19H21BrN2O2S. The molecular weight excluding hydrogens is 400 g/mol. The number of hydrogen-bond donors (Lipinski definition) is 2. The summed E-state index contributed by atoms with van der Waals surface area (Å²) in [6.07, 6.45) is 0. The second kappa shape index (κ2) is 8.97. The van der Waals surface area contributed by atoms with Crippen LogP contribution in [0.25, 0.3) is 0 Å². The number of halogens is 1. The van der Waals surface area contributed by atoms with E-state index < -0.39 is 0 Å². The number of aryl methyl sites for hydroxylation is 1. The maximum Gasteiger partial charge on any atom is 0.261 e. The molecule has 0 aliphatic heterocycles. The summed E-state index contributed by atoms with van der Waals surface area (Å²) in [4.78, 5) is 12.5. The van der Waals surface area contributed by atoms with E-state index in [-0.39, 0.29) is 11.0 Å². The molecule has 0 radical (unpaired) electrons. The first-order chi connectivity index (χ1) is 11.9. The molecule has 1 amide bonds. The van der Waals surface area contributed by atoms with Crippen molar-refractivity contribution in [3.05, 3.63) is 58.1 Å². The minimum Gasteiger partial charge on any atom is -0.492 e. The van der Waals surface area contributed by atoms with Crippen molar-refractivity contribution in [1.82, 2.24) is 5.32 Å². The van der Waals surface area contributed by atoms with Crippen LogP contribution in [0.4, 0.5) is 5.69 Å². The van der Waals surface area contributed by atoms with E-state index in [1.807, 2.05) is 31.2 Å². The average Bonchev–Trinajstić information content (AvgIpc) is 2.55. The van der Waals surface area contributed by atoms with Crippen LogP contribution < -0.4 is 15.4 Å². The number of ether oxygens (including phenoxy) is 1. The van der Waals surface area contributed by atoms with Crippen molar-refractivity contribution in [3.8, 4) is 5.75 Å². The lowest BCUT2D eigenvalue weighted by molar-refractivity contribution is 0.0973. The Balaban J connectivity index is 2.05. The highest BCUT2D eigenvalue weighted by molar-refractivity contribution is 9.10. The van der Waals surface area contributed by atoms with Gasteiger partial charge in [0.2, 0.25) is 0 Å². The number of benzene rings is 2. The number of hydrogen-bond acceptors (Lipinski definition) is 3. The van der Waals surface area contributed by atoms with Gasteiger partial charge in [-0.05, 0) is 70.8 Å². The van der Waals surface area contributed by atoms with Gasteiger partial charge in [0.05, 0.1) is 17.9 Å². The average molecular weight is 421 g/mol. The number of thiocarbonyl (C=S) groups is 1. The molecule has 0 unspecified atom stereocenters. The first-order valence-electron chi connectivity index (χ1n) is 7.97. The Morgan fingerprint density at radius 1 is 1.24 bits per heavy atom. The van der Waals surface area contributed by atoms with Crippen molar-refractivity contribution in [2.75, 3.05) is 11.9 Å². The Morgan fingerprint density at radius 3 is 2.64 bits per heavy atom. The third-order valence-electron chi connectivity index (χ3n) is 3.30. The SMILES string of the molecule is Cc1ccc(NC(=S)NC(=O)c2ccccc2OCC(C)C)c(Br)c1. The molecule has 0 bridgehead atoms. The molecule has 132 valence electrons. The summed E-state index contributed by atoms with van der Waals surface area (Å²) in [7, 11) is 0. The van der Waals surface area contributed by atoms with Crippen molar-refractivity contribution in [2.45, 2.75) is 20.8 Å². The highest BCUT2D eigenvalue weighted by Gasteiger charge is 2.14. The summed E-state index contributed by atoms with van der Waals surface area (Å²) >= 11 is 8.73. The Labute approximate surface area is 162 Å². The number of amides is 1. The van der Waals surface area contributed by atoms with Gasteiger partial charge in [-0.25, -0.2) is 0 Å². The standard InChI is InChI=1S/C19H21BrN2O2S/c1-12(2)11-24-17-7-5-4-6-14(17)18(23)22-19(25)21-16-9-8-13(3)10-15(16)20/h4-10,12H,11H2,1-3H3,(H2,21,22,23,25). The zero-order chi connectivity index (χ0) is 18.4. The largest absolute Gasteiger partial charge is 0.492 e. The summed E-state index contributed by atoms with van der Waals surface area (Å²) in [5.74, 6) is 0.617. The molecule has 0 saturated heterocycles. The Morgan fingerprint density at radius 2 is 1.96 bits per heavy atom. The minimum atomic E-state index is -0.305. The molecule has 0 heterocycles. The minimum absolute atomic E-state index is 0.230. The molecule has 0 saturated carbocycles. The van der Waals surface area contributed by atoms with Crippen LogP contribution in [0.2, 0.25) is 0 Å². The fourth-order valence-corrected chi connectivity index (χ4v) is 2.88. The van der Waals surface area contributed by atoms with Crippen molar-refractivity contribution < 1.29 is 9.53 Å². The van der Waals surface area contributed by atoms with Crippen LogP contribution in [0.3, 0.4) is 0 Å². The maximum atomic E-state index is 12.5. The number of nitrogens with one attached hydrogen (secondary N) is 2. The van der Waals surface area contributed by atoms with E-state index in [0.717, 1.165) is 15.7 Å². The van der Waals surface area contributed by atoms with Crippen LogP contribution in [0, 0.1) is 12.8 Å². The molecule has 2 aromatic carbocycles. The van der Waals surface area contributed by atoms with Gasteiger partial charge >= 0.3 is 0 Å². The summed E-state index contributed by atoms with van der Waals surface area (Å²) in [5.41, 5.74) is 2.37. The zero-order valence-corrected chi connectivity index (χ0v) is 16.8. The molecule has 0 aliphatic carbocycles. The Hall–Kier alpha value is -1.92. The number of anilines is 1. The van der Waals surface area contributed by atoms with Gasteiger partial charge in [0.15, 0.2) is 5.11 Å². The lowest BCUT2D eigenvalue weighted by atomic mass is 10.2. The molecule has 25 heavy (non-hydrogen) atoms. The van der Waals surface area contributed by atoms with Gasteiger partial charge in [-0.1, -0.05) is 32.0 Å². The van der Waals surface area contributed by atoms with Gasteiger partial charge in [0.25, 0.3) is 5.91 Å². The van der Waals surface area contributed by atoms with E-state index in [2.05, 4.69) is 40.4 Å². The van der Waals surface area contributed by atoms with Crippen molar-refractivity contribution >= 4 is 44.9 Å². The van der Waals surface area contributed by atoms with Crippen molar-refractivity contribution in [2.24, 2.45) is 5.92 Å². The number of carbonyl (C=O) groups excluding carboxylic acids is 1. The molecule has 0 spiro atoms. The molecule has 6 heteroatoms. The number of rotatable bonds is 5. The summed E-state index contributed by atoms with van der Waals surface area (Å²) < 4.78 is 6.60. The lowest BCUT2D eigenvalue weighted by Crippen LogP contribution is -2.34. The monoisotopic (exact) mass is 420 g/mol. The normalized spacial score (nSPS) is 10.4. The highest BCUT2D eigenvalue weighted by atomic mass is 79.9. The topological polar surface area (TPSA) is 50.4 Å². The summed E-state index contributed by atoms with van der Waals surface area (Å²) in [5, 5.41) is 5.94. The molecule has 0 fully saturated rings. The Kier molecular flexibility index (Phi) is 6.96. The second-order valence-electron chi connectivity index (χ2n) is 6.09. The van der Waals surface area contributed by atoms with Crippen LogP contribution in [0.1, 0.15) is 29.8 Å². The van der Waals surface area contributed by atoms with Gasteiger partial charge in [-0.2, -0.15) is 0 Å². The van der Waals surface area contributed by atoms with E-state index >= 15 is 0 Å². The summed E-state index contributed by atoms with van der Waals surface area (Å²) in [6.45, 7) is 6.66. The van der Waals surface area contributed by atoms with E-state index in [4.69, 9.17) is 17.0 Å². The van der Waals surface area contributed by atoms with Crippen LogP contribution in [0.5, 0.6) is 5.75 Å². The maximum absolute atomic E-state index is 12.5. The van der Waals surface area contributed by atoms with Crippen LogP contribution in [-0.2, 0) is 0 Å². The van der Waals surface area contributed by atoms with Crippen LogP contribution >= 0.6 is 28.1 Å². The van der Waals surface area contributed by atoms with Gasteiger partial charge < -0.3 is 10.1 Å². The van der Waals surface area contributed by atoms with Crippen LogP contribution in [0.15, 0.2) is 46.9 Å². The number of carbonyl (C=O) groups is 1. The third kappa shape index (κ3) is 5.83. The lowest BCUT2D eigenvalue weighted by Gasteiger charge is -2.14. The molecule has 0 aliphatic rings. The second-order valence-corrected chi connectivity index (χ2v) is 7.36. The van der Waals surface area contributed by atoms with E-state index in [0.29, 0.717) is 23.8 Å². The molecule has 4 nitrogen and oxygen atoms in total. The van der Waals surface area contributed by atoms with Gasteiger partial charge in [-0.3, -0.25) is 10.1 Å². The smallest absolute Gasteiger partial charge is 0.261 e. The first kappa shape index (κ1) is 19.4. The molecule has 2 aromatic rings. The predicted molar refractivity (Wildman–Crippen MR) is 109 cm³/mol. The quantitative estimate of drug-likeness (QED) is 0.673. The summed E-state index contributed by atoms with van der Waals surface area (Å²) in [6, 6.07) is 13.0. The van der Waals surface area contributed by atoms with Gasteiger partial charge in [-0.15, -0.1) is 0 Å². The molecule has 2 rings (SSSR count). The fourth-order valence-electron chi connectivity index (χ4n) is 2.08. The van der Waals surface area contributed by atoms with Gasteiger partial charge in [0.1, 0.15) is 5.75 Å². The van der Waals surface area contributed by atoms with Crippen molar-refractivity contribution in [3.63, 3.8) is 0 Å². The number of para-hydroxylation sites is 1. The van der Waals surface area contributed by atoms with E-state index in [9.17, 15) is 4.79 Å². The van der Waals surface area contributed by atoms with Crippen LogP contribution in [-0.4, -0.2) is 17.6 Å². The predicted octanol–water partition coefficient (Wildman–Crippen LogP) is 4.92. The molecule has 0 aromatic heterocycles. The van der Waals surface area contributed by atoms with E-state index in [1.54, 1.807) is 18.2 Å². The molecule has 0 atom stereocenters. The zero-order valence-electron chi connectivity index (χ0n) is 14.4. The van der Waals surface area contributed by atoms with Gasteiger partial charge in [0, 0.05) is 4.47 Å². The van der Waals surface area contributed by atoms with E-state index in [1.165, 1.54) is 0 Å². The fraction of sp³-hybridized carbons (Fsp3) is 0.263. The molecule has 2 N–H and O–H groups in total. The van der Waals surface area contributed by atoms with Crippen molar-refractivity contribution in [1.29, 1.82) is 0 Å². The Bertz CT molecular complexity index is 778. The third-order valence-corrected chi connectivity index (χ3v) is 4.16.